The molecule has 0 aromatic rings. The molecule has 0 spiro atoms. The van der Waals surface area contributed by atoms with Gasteiger partial charge in [0, 0.05) is 23.6 Å². The molecule has 0 radical (unpaired) electrons. The minimum atomic E-state index is -0.122. The molecule has 2 atom stereocenters. The quantitative estimate of drug-likeness (QED) is 0.715. The summed E-state index contributed by atoms with van der Waals surface area (Å²) in [4.78, 5) is 0. The van der Waals surface area contributed by atoms with Gasteiger partial charge in [-0.3, -0.25) is 0 Å². The zero-order valence-electron chi connectivity index (χ0n) is 9.57. The predicted octanol–water partition coefficient (Wildman–Crippen LogP) is 3.49. The Balaban J connectivity index is 2.64. The SMILES string of the molecule is CCOC(OCC)C1C=CC(Br)=CC1C. The number of halogens is 1. The highest BCUT2D eigenvalue weighted by Gasteiger charge is 2.26. The van der Waals surface area contributed by atoms with E-state index in [1.54, 1.807) is 0 Å². The molecule has 0 bridgehead atoms. The predicted molar refractivity (Wildman–Crippen MR) is 65.8 cm³/mol. The lowest BCUT2D eigenvalue weighted by atomic mass is 9.89. The number of hydrogen-bond donors (Lipinski definition) is 0. The van der Waals surface area contributed by atoms with Gasteiger partial charge in [-0.1, -0.05) is 41.1 Å². The zero-order chi connectivity index (χ0) is 11.3. The average Bonchev–Trinajstić information content (AvgIpc) is 2.17. The first-order valence-electron chi connectivity index (χ1n) is 5.47. The lowest BCUT2D eigenvalue weighted by Crippen LogP contribution is -2.31. The van der Waals surface area contributed by atoms with Crippen LogP contribution in [0.5, 0.6) is 0 Å². The maximum absolute atomic E-state index is 5.61. The topological polar surface area (TPSA) is 18.5 Å². The molecule has 0 amide bonds. The Bertz CT molecular complexity index is 242. The number of ether oxygens (including phenoxy) is 2. The highest BCUT2D eigenvalue weighted by atomic mass is 79.9. The molecular weight excluding hydrogens is 256 g/mol. The molecule has 1 rings (SSSR count). The van der Waals surface area contributed by atoms with E-state index >= 15 is 0 Å². The van der Waals surface area contributed by atoms with Crippen molar-refractivity contribution in [3.8, 4) is 0 Å². The van der Waals surface area contributed by atoms with Crippen molar-refractivity contribution in [2.45, 2.75) is 27.1 Å². The fraction of sp³-hybridized carbons (Fsp3) is 0.667. The third-order valence-electron chi connectivity index (χ3n) is 2.48. The van der Waals surface area contributed by atoms with Crippen molar-refractivity contribution in [3.63, 3.8) is 0 Å². The summed E-state index contributed by atoms with van der Waals surface area (Å²) in [5.41, 5.74) is 0. The van der Waals surface area contributed by atoms with Gasteiger partial charge in [-0.15, -0.1) is 0 Å². The van der Waals surface area contributed by atoms with E-state index in [2.05, 4.69) is 41.1 Å². The van der Waals surface area contributed by atoms with E-state index in [9.17, 15) is 0 Å². The largest absolute Gasteiger partial charge is 0.352 e. The first kappa shape index (κ1) is 12.9. The molecule has 0 saturated heterocycles. The molecule has 0 N–H and O–H groups in total. The van der Waals surface area contributed by atoms with E-state index in [0.29, 0.717) is 25.0 Å². The monoisotopic (exact) mass is 274 g/mol. The van der Waals surface area contributed by atoms with E-state index in [1.165, 1.54) is 0 Å². The van der Waals surface area contributed by atoms with Gasteiger partial charge in [-0.2, -0.15) is 0 Å². The third kappa shape index (κ3) is 3.74. The maximum atomic E-state index is 5.61. The Morgan fingerprint density at radius 1 is 1.33 bits per heavy atom. The molecule has 1 aliphatic rings. The van der Waals surface area contributed by atoms with E-state index < -0.39 is 0 Å². The molecule has 0 aliphatic heterocycles. The Kier molecular flexibility index (Phi) is 5.58. The Labute approximate surface area is 100 Å². The fourth-order valence-electron chi connectivity index (χ4n) is 1.73. The molecule has 1 aliphatic carbocycles. The molecule has 0 aromatic heterocycles. The smallest absolute Gasteiger partial charge is 0.164 e. The Hall–Kier alpha value is -0.120. The van der Waals surface area contributed by atoms with Gasteiger partial charge in [0.25, 0.3) is 0 Å². The van der Waals surface area contributed by atoms with Gasteiger partial charge >= 0.3 is 0 Å². The third-order valence-corrected chi connectivity index (χ3v) is 3.01. The number of allylic oxidation sites excluding steroid dienone is 3. The second-order valence-corrected chi connectivity index (χ2v) is 4.54. The molecule has 0 saturated carbocycles. The first-order chi connectivity index (χ1) is 7.19. The summed E-state index contributed by atoms with van der Waals surface area (Å²) in [7, 11) is 0. The standard InChI is InChI=1S/C12H19BrO2/c1-4-14-12(15-5-2)11-7-6-10(13)8-9(11)3/h6-9,11-12H,4-5H2,1-3H3. The average molecular weight is 275 g/mol. The minimum absolute atomic E-state index is 0.122. The molecule has 15 heavy (non-hydrogen) atoms. The van der Waals surface area contributed by atoms with E-state index in [-0.39, 0.29) is 6.29 Å². The highest BCUT2D eigenvalue weighted by molar-refractivity contribution is 9.11. The molecule has 86 valence electrons. The van der Waals surface area contributed by atoms with Crippen molar-refractivity contribution >= 4 is 15.9 Å². The van der Waals surface area contributed by atoms with Crippen molar-refractivity contribution in [2.24, 2.45) is 11.8 Å². The van der Waals surface area contributed by atoms with Crippen LogP contribution in [-0.2, 0) is 9.47 Å². The maximum Gasteiger partial charge on any atom is 0.164 e. The lowest BCUT2D eigenvalue weighted by molar-refractivity contribution is -0.163. The van der Waals surface area contributed by atoms with Crippen LogP contribution >= 0.6 is 15.9 Å². The van der Waals surface area contributed by atoms with Gasteiger partial charge in [-0.25, -0.2) is 0 Å². The van der Waals surface area contributed by atoms with Crippen molar-refractivity contribution in [3.05, 3.63) is 22.7 Å². The van der Waals surface area contributed by atoms with Crippen LogP contribution in [-0.4, -0.2) is 19.5 Å². The zero-order valence-corrected chi connectivity index (χ0v) is 11.2. The van der Waals surface area contributed by atoms with Crippen LogP contribution < -0.4 is 0 Å². The second-order valence-electron chi connectivity index (χ2n) is 3.63. The van der Waals surface area contributed by atoms with Gasteiger partial charge < -0.3 is 9.47 Å². The van der Waals surface area contributed by atoms with Gasteiger partial charge in [0.1, 0.15) is 0 Å². The summed E-state index contributed by atoms with van der Waals surface area (Å²) in [6.07, 6.45) is 6.29. The normalized spacial score (nSPS) is 25.8. The molecule has 2 nitrogen and oxygen atoms in total. The molecule has 0 heterocycles. The highest BCUT2D eigenvalue weighted by Crippen LogP contribution is 2.29. The van der Waals surface area contributed by atoms with E-state index in [4.69, 9.17) is 9.47 Å². The Morgan fingerprint density at radius 2 is 1.93 bits per heavy atom. The molecule has 2 unspecified atom stereocenters. The summed E-state index contributed by atoms with van der Waals surface area (Å²) in [6, 6.07) is 0. The van der Waals surface area contributed by atoms with Crippen LogP contribution in [0.3, 0.4) is 0 Å². The number of hydrogen-bond acceptors (Lipinski definition) is 2. The Morgan fingerprint density at radius 3 is 2.40 bits per heavy atom. The van der Waals surface area contributed by atoms with Crippen molar-refractivity contribution < 1.29 is 9.47 Å². The van der Waals surface area contributed by atoms with Crippen LogP contribution in [0, 0.1) is 11.8 Å². The van der Waals surface area contributed by atoms with Gasteiger partial charge in [-0.05, 0) is 19.8 Å². The molecule has 0 fully saturated rings. The summed E-state index contributed by atoms with van der Waals surface area (Å²) < 4.78 is 12.4. The molecular formula is C12H19BrO2. The summed E-state index contributed by atoms with van der Waals surface area (Å²) in [5, 5.41) is 0. The van der Waals surface area contributed by atoms with Crippen LogP contribution in [0.25, 0.3) is 0 Å². The van der Waals surface area contributed by atoms with E-state index in [0.717, 1.165) is 4.48 Å². The summed E-state index contributed by atoms with van der Waals surface area (Å²) in [5.74, 6) is 0.749. The van der Waals surface area contributed by atoms with Crippen LogP contribution in [0.15, 0.2) is 22.7 Å². The van der Waals surface area contributed by atoms with Crippen molar-refractivity contribution in [2.75, 3.05) is 13.2 Å². The van der Waals surface area contributed by atoms with Gasteiger partial charge in [0.05, 0.1) is 0 Å². The summed E-state index contributed by atoms with van der Waals surface area (Å²) >= 11 is 3.48. The molecule has 3 heteroatoms. The van der Waals surface area contributed by atoms with Gasteiger partial charge in [0.2, 0.25) is 0 Å². The minimum Gasteiger partial charge on any atom is -0.352 e. The van der Waals surface area contributed by atoms with Crippen LogP contribution in [0.1, 0.15) is 20.8 Å². The number of rotatable bonds is 5. The first-order valence-corrected chi connectivity index (χ1v) is 6.27. The van der Waals surface area contributed by atoms with E-state index in [1.807, 2.05) is 13.8 Å². The second kappa shape index (κ2) is 6.46. The summed E-state index contributed by atoms with van der Waals surface area (Å²) in [6.45, 7) is 7.55. The van der Waals surface area contributed by atoms with Crippen molar-refractivity contribution in [1.29, 1.82) is 0 Å². The fourth-order valence-corrected chi connectivity index (χ4v) is 2.30. The molecule has 0 aromatic carbocycles. The van der Waals surface area contributed by atoms with Crippen LogP contribution in [0.2, 0.25) is 0 Å². The lowest BCUT2D eigenvalue weighted by Gasteiger charge is -2.29. The van der Waals surface area contributed by atoms with Crippen LogP contribution in [0.4, 0.5) is 0 Å². The van der Waals surface area contributed by atoms with Gasteiger partial charge in [0.15, 0.2) is 6.29 Å². The van der Waals surface area contributed by atoms with Crippen molar-refractivity contribution in [1.82, 2.24) is 0 Å².